The third-order valence-corrected chi connectivity index (χ3v) is 3.30. The zero-order chi connectivity index (χ0) is 10.0. The van der Waals surface area contributed by atoms with Crippen molar-refractivity contribution >= 4 is 0 Å². The second-order valence-corrected chi connectivity index (χ2v) is 4.83. The van der Waals surface area contributed by atoms with E-state index in [1.807, 2.05) is 0 Å². The molecule has 0 spiro atoms. The Kier molecular flexibility index (Phi) is 3.74. The summed E-state index contributed by atoms with van der Waals surface area (Å²) < 4.78 is 0. The number of aliphatic hydroxyl groups is 1. The summed E-state index contributed by atoms with van der Waals surface area (Å²) in [5, 5.41) is 9.75. The van der Waals surface area contributed by atoms with E-state index in [2.05, 4.69) is 32.7 Å². The Balaban J connectivity index is 2.25. The second kappa shape index (κ2) is 4.43. The van der Waals surface area contributed by atoms with Crippen LogP contribution in [0, 0.1) is 11.8 Å². The van der Waals surface area contributed by atoms with E-state index >= 15 is 0 Å². The monoisotopic (exact) mass is 185 g/mol. The van der Waals surface area contributed by atoms with Gasteiger partial charge in [0.25, 0.3) is 0 Å². The van der Waals surface area contributed by atoms with Gasteiger partial charge >= 0.3 is 0 Å². The highest BCUT2D eigenvalue weighted by Gasteiger charge is 2.31. The molecule has 2 nitrogen and oxygen atoms in total. The fourth-order valence-electron chi connectivity index (χ4n) is 1.60. The highest BCUT2D eigenvalue weighted by molar-refractivity contribution is 4.83. The number of aliphatic hydroxyl groups excluding tert-OH is 1. The minimum atomic E-state index is -0.0915. The number of rotatable bonds is 5. The Morgan fingerprint density at radius 2 is 1.85 bits per heavy atom. The predicted octanol–water partition coefficient (Wildman–Crippen LogP) is 1.73. The first kappa shape index (κ1) is 11.0. The van der Waals surface area contributed by atoms with E-state index in [0.29, 0.717) is 17.9 Å². The molecule has 0 aliphatic heterocycles. The van der Waals surface area contributed by atoms with Crippen LogP contribution in [0.1, 0.15) is 33.6 Å². The second-order valence-electron chi connectivity index (χ2n) is 4.83. The van der Waals surface area contributed by atoms with Crippen LogP contribution in [0.5, 0.6) is 0 Å². The van der Waals surface area contributed by atoms with Gasteiger partial charge in [0.05, 0.1) is 6.10 Å². The van der Waals surface area contributed by atoms with E-state index in [0.717, 1.165) is 6.54 Å². The van der Waals surface area contributed by atoms with Crippen LogP contribution in [0.25, 0.3) is 0 Å². The molecule has 2 unspecified atom stereocenters. The van der Waals surface area contributed by atoms with Crippen LogP contribution in [0.3, 0.4) is 0 Å². The number of nitrogens with zero attached hydrogens (tertiary/aromatic N) is 1. The van der Waals surface area contributed by atoms with Gasteiger partial charge in [-0.05, 0) is 38.6 Å². The molecule has 0 saturated heterocycles. The van der Waals surface area contributed by atoms with Gasteiger partial charge in [0.15, 0.2) is 0 Å². The normalized spacial score (nSPS) is 22.4. The van der Waals surface area contributed by atoms with Gasteiger partial charge in [0.2, 0.25) is 0 Å². The maximum Gasteiger partial charge on any atom is 0.0695 e. The lowest BCUT2D eigenvalue weighted by atomic mass is 10.0. The zero-order valence-corrected chi connectivity index (χ0v) is 9.33. The quantitative estimate of drug-likeness (QED) is 0.705. The average molecular weight is 185 g/mol. The molecule has 0 amide bonds. The number of likely N-dealkylation sites (N-methyl/N-ethyl adjacent to an activating group) is 1. The van der Waals surface area contributed by atoms with Crippen LogP contribution < -0.4 is 0 Å². The van der Waals surface area contributed by atoms with Crippen molar-refractivity contribution in [2.45, 2.75) is 45.8 Å². The lowest BCUT2D eigenvalue weighted by Crippen LogP contribution is -2.39. The molecule has 1 fully saturated rings. The molecular weight excluding hydrogens is 162 g/mol. The van der Waals surface area contributed by atoms with Crippen molar-refractivity contribution in [3.05, 3.63) is 0 Å². The minimum Gasteiger partial charge on any atom is -0.392 e. The van der Waals surface area contributed by atoms with E-state index in [1.165, 1.54) is 12.8 Å². The zero-order valence-electron chi connectivity index (χ0n) is 9.33. The molecule has 13 heavy (non-hydrogen) atoms. The van der Waals surface area contributed by atoms with Crippen LogP contribution in [0.4, 0.5) is 0 Å². The average Bonchev–Trinajstić information content (AvgIpc) is 2.84. The molecule has 0 bridgehead atoms. The molecule has 2 heteroatoms. The van der Waals surface area contributed by atoms with Crippen LogP contribution >= 0.6 is 0 Å². The van der Waals surface area contributed by atoms with Crippen LogP contribution in [-0.2, 0) is 0 Å². The van der Waals surface area contributed by atoms with E-state index < -0.39 is 0 Å². The maximum absolute atomic E-state index is 9.75. The van der Waals surface area contributed by atoms with Gasteiger partial charge in [-0.15, -0.1) is 0 Å². The topological polar surface area (TPSA) is 23.5 Å². The number of hydrogen-bond donors (Lipinski definition) is 1. The molecule has 1 N–H and O–H groups in total. The Morgan fingerprint density at radius 3 is 2.23 bits per heavy atom. The molecule has 1 saturated carbocycles. The predicted molar refractivity (Wildman–Crippen MR) is 55.7 cm³/mol. The van der Waals surface area contributed by atoms with Crippen molar-refractivity contribution in [1.29, 1.82) is 0 Å². The Hall–Kier alpha value is -0.0800. The minimum absolute atomic E-state index is 0.0915. The summed E-state index contributed by atoms with van der Waals surface area (Å²) in [6.45, 7) is 7.52. The third kappa shape index (κ3) is 3.28. The van der Waals surface area contributed by atoms with Crippen molar-refractivity contribution in [2.75, 3.05) is 13.6 Å². The van der Waals surface area contributed by atoms with Crippen molar-refractivity contribution in [2.24, 2.45) is 11.8 Å². The van der Waals surface area contributed by atoms with Crippen molar-refractivity contribution < 1.29 is 5.11 Å². The molecule has 0 radical (unpaired) electrons. The van der Waals surface area contributed by atoms with Gasteiger partial charge in [0.1, 0.15) is 0 Å². The molecule has 0 heterocycles. The highest BCUT2D eigenvalue weighted by atomic mass is 16.3. The van der Waals surface area contributed by atoms with Crippen molar-refractivity contribution in [3.63, 3.8) is 0 Å². The first-order valence-electron chi connectivity index (χ1n) is 5.40. The van der Waals surface area contributed by atoms with Crippen LogP contribution in [-0.4, -0.2) is 35.7 Å². The first-order valence-corrected chi connectivity index (χ1v) is 5.40. The summed E-state index contributed by atoms with van der Waals surface area (Å²) in [5.41, 5.74) is 0. The lowest BCUT2D eigenvalue weighted by molar-refractivity contribution is 0.0807. The van der Waals surface area contributed by atoms with Gasteiger partial charge < -0.3 is 10.0 Å². The van der Waals surface area contributed by atoms with E-state index in [9.17, 15) is 5.11 Å². The molecule has 2 atom stereocenters. The molecule has 0 aromatic carbocycles. The molecule has 1 aliphatic rings. The third-order valence-electron chi connectivity index (χ3n) is 3.30. The summed E-state index contributed by atoms with van der Waals surface area (Å²) in [7, 11) is 2.11. The van der Waals surface area contributed by atoms with Crippen molar-refractivity contribution in [1.82, 2.24) is 4.90 Å². The van der Waals surface area contributed by atoms with E-state index in [1.54, 1.807) is 0 Å². The standard InChI is InChI=1S/C11H23NO/c1-8(2)9(3)12(4)7-11(13)10-5-6-10/h8-11,13H,5-7H2,1-4H3. The Morgan fingerprint density at radius 1 is 1.31 bits per heavy atom. The molecular formula is C11H23NO. The smallest absolute Gasteiger partial charge is 0.0695 e. The van der Waals surface area contributed by atoms with Gasteiger partial charge in [-0.25, -0.2) is 0 Å². The lowest BCUT2D eigenvalue weighted by Gasteiger charge is -2.29. The van der Waals surface area contributed by atoms with Crippen molar-refractivity contribution in [3.8, 4) is 0 Å². The largest absolute Gasteiger partial charge is 0.392 e. The molecule has 0 aromatic rings. The molecule has 0 aromatic heterocycles. The van der Waals surface area contributed by atoms with Gasteiger partial charge in [-0.3, -0.25) is 0 Å². The summed E-state index contributed by atoms with van der Waals surface area (Å²) in [6.07, 6.45) is 2.36. The fraction of sp³-hybridized carbons (Fsp3) is 1.00. The van der Waals surface area contributed by atoms with Crippen LogP contribution in [0.2, 0.25) is 0 Å². The highest BCUT2D eigenvalue weighted by Crippen LogP contribution is 2.33. The molecule has 1 aliphatic carbocycles. The fourth-order valence-corrected chi connectivity index (χ4v) is 1.60. The summed E-state index contributed by atoms with van der Waals surface area (Å²) in [5.74, 6) is 1.26. The van der Waals surface area contributed by atoms with Gasteiger partial charge in [-0.2, -0.15) is 0 Å². The molecule has 78 valence electrons. The maximum atomic E-state index is 9.75. The number of hydrogen-bond acceptors (Lipinski definition) is 2. The summed E-state index contributed by atoms with van der Waals surface area (Å²) in [6, 6.07) is 0.563. The first-order chi connectivity index (χ1) is 6.02. The van der Waals surface area contributed by atoms with Gasteiger partial charge in [0, 0.05) is 12.6 Å². The SMILES string of the molecule is CC(C)C(C)N(C)CC(O)C1CC1. The Labute approximate surface area is 81.9 Å². The summed E-state index contributed by atoms with van der Waals surface area (Å²) in [4.78, 5) is 2.27. The Bertz CT molecular complexity index is 154. The van der Waals surface area contributed by atoms with Crippen LogP contribution in [0.15, 0.2) is 0 Å². The van der Waals surface area contributed by atoms with E-state index in [-0.39, 0.29) is 6.10 Å². The van der Waals surface area contributed by atoms with E-state index in [4.69, 9.17) is 0 Å². The molecule has 1 rings (SSSR count). The van der Waals surface area contributed by atoms with Gasteiger partial charge in [-0.1, -0.05) is 13.8 Å². The summed E-state index contributed by atoms with van der Waals surface area (Å²) >= 11 is 0.